The zero-order valence-corrected chi connectivity index (χ0v) is 10.5. The predicted octanol–water partition coefficient (Wildman–Crippen LogP) is 2.73. The van der Waals surface area contributed by atoms with Crippen molar-refractivity contribution in [3.05, 3.63) is 28.6 Å². The normalized spacial score (nSPS) is 11.2. The first-order valence-electron chi connectivity index (χ1n) is 5.49. The number of thiophene rings is 1. The van der Waals surface area contributed by atoms with Gasteiger partial charge in [-0.05, 0) is 17.4 Å². The summed E-state index contributed by atoms with van der Waals surface area (Å²) in [4.78, 5) is 0. The van der Waals surface area contributed by atoms with Gasteiger partial charge in [0.15, 0.2) is 0 Å². The molecule has 0 bridgehead atoms. The Morgan fingerprint density at radius 3 is 2.88 bits per heavy atom. The molecule has 0 fully saturated rings. The van der Waals surface area contributed by atoms with E-state index in [2.05, 4.69) is 42.0 Å². The van der Waals surface area contributed by atoms with E-state index < -0.39 is 0 Å². The highest BCUT2D eigenvalue weighted by Crippen LogP contribution is 2.24. The fraction of sp³-hybridized carbons (Fsp3) is 0.417. The molecule has 0 radical (unpaired) electrons. The standard InChI is InChI=1S/C12H17N3S/c1-9(2)6-15-7-11(5-13)12(14-15)10-3-4-16-8-10/h3-4,7-9H,5-6,13H2,1-2H3. The van der Waals surface area contributed by atoms with Crippen molar-refractivity contribution in [1.82, 2.24) is 9.78 Å². The van der Waals surface area contributed by atoms with Crippen LogP contribution in [0.2, 0.25) is 0 Å². The minimum atomic E-state index is 0.545. The molecule has 0 aliphatic carbocycles. The number of nitrogens with zero attached hydrogens (tertiary/aromatic N) is 2. The molecule has 0 atom stereocenters. The van der Waals surface area contributed by atoms with Gasteiger partial charge in [-0.25, -0.2) is 0 Å². The molecule has 3 nitrogen and oxygen atoms in total. The second-order valence-electron chi connectivity index (χ2n) is 4.33. The van der Waals surface area contributed by atoms with Gasteiger partial charge in [-0.2, -0.15) is 16.4 Å². The molecule has 4 heteroatoms. The first kappa shape index (κ1) is 11.4. The summed E-state index contributed by atoms with van der Waals surface area (Å²) < 4.78 is 2.00. The third-order valence-corrected chi connectivity index (χ3v) is 3.09. The lowest BCUT2D eigenvalue weighted by molar-refractivity contribution is 0.484. The summed E-state index contributed by atoms with van der Waals surface area (Å²) in [5.74, 6) is 0.598. The van der Waals surface area contributed by atoms with Gasteiger partial charge in [0, 0.05) is 35.8 Å². The Morgan fingerprint density at radius 2 is 2.31 bits per heavy atom. The Balaban J connectivity index is 2.33. The van der Waals surface area contributed by atoms with E-state index in [0.29, 0.717) is 12.5 Å². The number of hydrogen-bond acceptors (Lipinski definition) is 3. The molecule has 2 aromatic heterocycles. The van der Waals surface area contributed by atoms with Crippen LogP contribution in [0.3, 0.4) is 0 Å². The first-order valence-corrected chi connectivity index (χ1v) is 6.44. The Bertz CT molecular complexity index is 443. The van der Waals surface area contributed by atoms with Gasteiger partial charge in [-0.3, -0.25) is 4.68 Å². The zero-order valence-electron chi connectivity index (χ0n) is 9.68. The average Bonchev–Trinajstić information content (AvgIpc) is 2.83. The van der Waals surface area contributed by atoms with Crippen LogP contribution in [-0.4, -0.2) is 9.78 Å². The van der Waals surface area contributed by atoms with Crippen LogP contribution in [0.15, 0.2) is 23.0 Å². The van der Waals surface area contributed by atoms with Crippen molar-refractivity contribution >= 4 is 11.3 Å². The van der Waals surface area contributed by atoms with E-state index in [1.54, 1.807) is 11.3 Å². The van der Waals surface area contributed by atoms with Gasteiger partial charge in [0.2, 0.25) is 0 Å². The van der Waals surface area contributed by atoms with E-state index >= 15 is 0 Å². The quantitative estimate of drug-likeness (QED) is 0.885. The van der Waals surface area contributed by atoms with Gasteiger partial charge >= 0.3 is 0 Å². The van der Waals surface area contributed by atoms with E-state index in [4.69, 9.17) is 5.73 Å². The van der Waals surface area contributed by atoms with Crippen molar-refractivity contribution in [2.45, 2.75) is 26.9 Å². The largest absolute Gasteiger partial charge is 0.326 e. The fourth-order valence-corrected chi connectivity index (χ4v) is 2.36. The maximum absolute atomic E-state index is 5.75. The molecule has 2 rings (SSSR count). The molecule has 0 amide bonds. The van der Waals surface area contributed by atoms with Crippen LogP contribution < -0.4 is 5.73 Å². The Labute approximate surface area is 99.9 Å². The monoisotopic (exact) mass is 235 g/mol. The van der Waals surface area contributed by atoms with Crippen LogP contribution in [0.25, 0.3) is 11.3 Å². The number of rotatable bonds is 4. The molecular weight excluding hydrogens is 218 g/mol. The van der Waals surface area contributed by atoms with E-state index in [-0.39, 0.29) is 0 Å². The highest BCUT2D eigenvalue weighted by Gasteiger charge is 2.10. The predicted molar refractivity (Wildman–Crippen MR) is 68.3 cm³/mol. The van der Waals surface area contributed by atoms with Gasteiger partial charge in [-0.1, -0.05) is 13.8 Å². The number of aromatic nitrogens is 2. The van der Waals surface area contributed by atoms with Crippen molar-refractivity contribution in [3.8, 4) is 11.3 Å². The van der Waals surface area contributed by atoms with Gasteiger partial charge < -0.3 is 5.73 Å². The van der Waals surface area contributed by atoms with E-state index in [1.807, 2.05) is 4.68 Å². The van der Waals surface area contributed by atoms with E-state index in [1.165, 1.54) is 5.56 Å². The summed E-state index contributed by atoms with van der Waals surface area (Å²) in [6.45, 7) is 5.86. The summed E-state index contributed by atoms with van der Waals surface area (Å²) in [6.07, 6.45) is 2.06. The Morgan fingerprint density at radius 1 is 1.50 bits per heavy atom. The van der Waals surface area contributed by atoms with Gasteiger partial charge in [0.1, 0.15) is 0 Å². The SMILES string of the molecule is CC(C)Cn1cc(CN)c(-c2ccsc2)n1. The summed E-state index contributed by atoms with van der Waals surface area (Å²) in [6, 6.07) is 2.09. The summed E-state index contributed by atoms with van der Waals surface area (Å²) in [5, 5.41) is 8.79. The maximum atomic E-state index is 5.75. The van der Waals surface area contributed by atoms with Crippen LogP contribution in [-0.2, 0) is 13.1 Å². The van der Waals surface area contributed by atoms with E-state index in [0.717, 1.165) is 17.8 Å². The smallest absolute Gasteiger partial charge is 0.0976 e. The summed E-state index contributed by atoms with van der Waals surface area (Å²) in [7, 11) is 0. The molecule has 16 heavy (non-hydrogen) atoms. The van der Waals surface area contributed by atoms with Crippen LogP contribution in [0.5, 0.6) is 0 Å². The molecule has 2 aromatic rings. The Hall–Kier alpha value is -1.13. The second kappa shape index (κ2) is 4.80. The summed E-state index contributed by atoms with van der Waals surface area (Å²) >= 11 is 1.69. The zero-order chi connectivity index (χ0) is 11.5. The third-order valence-electron chi connectivity index (χ3n) is 2.40. The second-order valence-corrected chi connectivity index (χ2v) is 5.12. The molecular formula is C12H17N3S. The van der Waals surface area contributed by atoms with Crippen LogP contribution in [0, 0.1) is 5.92 Å². The van der Waals surface area contributed by atoms with Crippen molar-refractivity contribution in [2.24, 2.45) is 11.7 Å². The molecule has 0 saturated heterocycles. The molecule has 0 spiro atoms. The lowest BCUT2D eigenvalue weighted by Gasteiger charge is -2.03. The Kier molecular flexibility index (Phi) is 3.41. The highest BCUT2D eigenvalue weighted by molar-refractivity contribution is 7.08. The van der Waals surface area contributed by atoms with E-state index in [9.17, 15) is 0 Å². The fourth-order valence-electron chi connectivity index (χ4n) is 1.72. The maximum Gasteiger partial charge on any atom is 0.0976 e. The van der Waals surface area contributed by atoms with Gasteiger partial charge in [0.25, 0.3) is 0 Å². The molecule has 2 heterocycles. The van der Waals surface area contributed by atoms with Crippen molar-refractivity contribution in [1.29, 1.82) is 0 Å². The summed E-state index contributed by atoms with van der Waals surface area (Å²) in [5.41, 5.74) is 9.08. The molecule has 0 aliphatic heterocycles. The third kappa shape index (κ3) is 2.33. The van der Waals surface area contributed by atoms with Crippen LogP contribution >= 0.6 is 11.3 Å². The molecule has 0 aliphatic rings. The topological polar surface area (TPSA) is 43.8 Å². The lowest BCUT2D eigenvalue weighted by Crippen LogP contribution is -2.04. The molecule has 2 N–H and O–H groups in total. The van der Waals surface area contributed by atoms with Crippen molar-refractivity contribution in [3.63, 3.8) is 0 Å². The molecule has 0 aromatic carbocycles. The molecule has 0 saturated carbocycles. The molecule has 86 valence electrons. The lowest BCUT2D eigenvalue weighted by atomic mass is 10.1. The average molecular weight is 235 g/mol. The van der Waals surface area contributed by atoms with Crippen LogP contribution in [0.1, 0.15) is 19.4 Å². The number of hydrogen-bond donors (Lipinski definition) is 1. The minimum Gasteiger partial charge on any atom is -0.326 e. The van der Waals surface area contributed by atoms with Gasteiger partial charge in [0.05, 0.1) is 5.69 Å². The minimum absolute atomic E-state index is 0.545. The van der Waals surface area contributed by atoms with Crippen molar-refractivity contribution < 1.29 is 0 Å². The van der Waals surface area contributed by atoms with Crippen LogP contribution in [0.4, 0.5) is 0 Å². The molecule has 0 unspecified atom stereocenters. The van der Waals surface area contributed by atoms with Crippen molar-refractivity contribution in [2.75, 3.05) is 0 Å². The van der Waals surface area contributed by atoms with Gasteiger partial charge in [-0.15, -0.1) is 0 Å². The number of nitrogens with two attached hydrogens (primary N) is 1. The highest BCUT2D eigenvalue weighted by atomic mass is 32.1. The first-order chi connectivity index (χ1) is 7.70.